The van der Waals surface area contributed by atoms with Crippen LogP contribution in [0, 0.1) is 12.8 Å². The highest BCUT2D eigenvalue weighted by molar-refractivity contribution is 5.94. The lowest BCUT2D eigenvalue weighted by atomic mass is 9.86. The van der Waals surface area contributed by atoms with Gasteiger partial charge in [0.15, 0.2) is 0 Å². The molecule has 2 unspecified atom stereocenters. The molecule has 114 valence electrons. The number of carbonyl (C=O) groups is 2. The van der Waals surface area contributed by atoms with Gasteiger partial charge in [0.2, 0.25) is 0 Å². The van der Waals surface area contributed by atoms with Gasteiger partial charge in [-0.15, -0.1) is 0 Å². The molecular formula is C16H22N2O3. The summed E-state index contributed by atoms with van der Waals surface area (Å²) in [5.74, 6) is -0.509. The smallest absolute Gasteiger partial charge is 0.337 e. The van der Waals surface area contributed by atoms with Crippen LogP contribution in [0.15, 0.2) is 12.1 Å². The Morgan fingerprint density at radius 3 is 2.62 bits per heavy atom. The second-order valence-electron chi connectivity index (χ2n) is 5.98. The average Bonchev–Trinajstić information content (AvgIpc) is 2.45. The van der Waals surface area contributed by atoms with Gasteiger partial charge < -0.3 is 10.0 Å². The number of carboxylic acids is 1. The number of amides is 1. The molecule has 0 spiro atoms. The number of pyridine rings is 1. The minimum Gasteiger partial charge on any atom is -0.478 e. The maximum absolute atomic E-state index is 12.5. The van der Waals surface area contributed by atoms with Gasteiger partial charge in [0, 0.05) is 13.1 Å². The van der Waals surface area contributed by atoms with Crippen LogP contribution in [0.5, 0.6) is 0 Å². The van der Waals surface area contributed by atoms with Crippen LogP contribution in [0.2, 0.25) is 0 Å². The molecule has 0 saturated heterocycles. The van der Waals surface area contributed by atoms with Crippen molar-refractivity contribution in [3.63, 3.8) is 0 Å². The van der Waals surface area contributed by atoms with Gasteiger partial charge in [-0.3, -0.25) is 4.79 Å². The van der Waals surface area contributed by atoms with E-state index < -0.39 is 5.97 Å². The highest BCUT2D eigenvalue weighted by Crippen LogP contribution is 2.27. The zero-order valence-electron chi connectivity index (χ0n) is 12.8. The zero-order valence-corrected chi connectivity index (χ0v) is 12.8. The van der Waals surface area contributed by atoms with E-state index in [1.807, 2.05) is 7.05 Å². The molecule has 1 aromatic heterocycles. The molecular weight excluding hydrogens is 268 g/mol. The fourth-order valence-electron chi connectivity index (χ4n) is 3.01. The summed E-state index contributed by atoms with van der Waals surface area (Å²) in [6.07, 6.45) is 4.42. The van der Waals surface area contributed by atoms with Crippen molar-refractivity contribution in [2.75, 3.05) is 7.05 Å². The van der Waals surface area contributed by atoms with E-state index in [1.54, 1.807) is 11.8 Å². The summed E-state index contributed by atoms with van der Waals surface area (Å²) < 4.78 is 0. The molecule has 5 nitrogen and oxygen atoms in total. The second-order valence-corrected chi connectivity index (χ2v) is 5.98. The first-order chi connectivity index (χ1) is 9.90. The summed E-state index contributed by atoms with van der Waals surface area (Å²) in [6.45, 7) is 3.83. The molecule has 1 aromatic rings. The molecule has 1 heterocycles. The van der Waals surface area contributed by atoms with Crippen LogP contribution in [0.1, 0.15) is 59.1 Å². The number of carbonyl (C=O) groups excluding carboxylic acids is 1. The molecule has 0 aromatic carbocycles. The van der Waals surface area contributed by atoms with Crippen LogP contribution in [-0.4, -0.2) is 40.0 Å². The van der Waals surface area contributed by atoms with Crippen molar-refractivity contribution in [1.82, 2.24) is 9.88 Å². The fourth-order valence-corrected chi connectivity index (χ4v) is 3.01. The standard InChI is InChI=1S/C16H22N2O3/c1-10-5-4-6-12(9-10)18(3)15(19)14-8-7-13(16(20)21)11(2)17-14/h7-8,10,12H,4-6,9H2,1-3H3,(H,20,21). The second kappa shape index (κ2) is 6.24. The maximum Gasteiger partial charge on any atom is 0.337 e. The summed E-state index contributed by atoms with van der Waals surface area (Å²) in [5.41, 5.74) is 0.831. The highest BCUT2D eigenvalue weighted by atomic mass is 16.4. The molecule has 2 rings (SSSR count). The van der Waals surface area contributed by atoms with E-state index in [-0.39, 0.29) is 17.5 Å². The Morgan fingerprint density at radius 2 is 2.05 bits per heavy atom. The minimum atomic E-state index is -1.02. The number of hydrogen-bond donors (Lipinski definition) is 1. The number of aryl methyl sites for hydroxylation is 1. The predicted molar refractivity (Wildman–Crippen MR) is 79.4 cm³/mol. The number of aromatic carboxylic acids is 1. The molecule has 1 amide bonds. The first-order valence-corrected chi connectivity index (χ1v) is 7.38. The lowest BCUT2D eigenvalue weighted by Crippen LogP contribution is -2.40. The van der Waals surface area contributed by atoms with Gasteiger partial charge in [0.05, 0.1) is 11.3 Å². The Hall–Kier alpha value is -1.91. The third-order valence-electron chi connectivity index (χ3n) is 4.31. The van der Waals surface area contributed by atoms with Crippen molar-refractivity contribution in [3.8, 4) is 0 Å². The van der Waals surface area contributed by atoms with Gasteiger partial charge in [-0.1, -0.05) is 19.8 Å². The van der Waals surface area contributed by atoms with Gasteiger partial charge in [-0.2, -0.15) is 0 Å². The lowest BCUT2D eigenvalue weighted by Gasteiger charge is -2.34. The predicted octanol–water partition coefficient (Wildman–Crippen LogP) is 2.74. The van der Waals surface area contributed by atoms with Crippen molar-refractivity contribution in [3.05, 3.63) is 29.1 Å². The third kappa shape index (κ3) is 3.40. The first kappa shape index (κ1) is 15.5. The van der Waals surface area contributed by atoms with Crippen LogP contribution in [0.3, 0.4) is 0 Å². The Bertz CT molecular complexity index is 556. The van der Waals surface area contributed by atoms with Gasteiger partial charge in [-0.25, -0.2) is 9.78 Å². The van der Waals surface area contributed by atoms with Gasteiger partial charge in [0.25, 0.3) is 5.91 Å². The molecule has 21 heavy (non-hydrogen) atoms. The molecule has 1 N–H and O–H groups in total. The largest absolute Gasteiger partial charge is 0.478 e. The van der Waals surface area contributed by atoms with Crippen molar-refractivity contribution < 1.29 is 14.7 Å². The van der Waals surface area contributed by atoms with Crippen LogP contribution in [-0.2, 0) is 0 Å². The molecule has 0 bridgehead atoms. The molecule has 1 fully saturated rings. The number of nitrogens with zero attached hydrogens (tertiary/aromatic N) is 2. The van der Waals surface area contributed by atoms with E-state index in [2.05, 4.69) is 11.9 Å². The van der Waals surface area contributed by atoms with Crippen LogP contribution in [0.25, 0.3) is 0 Å². The summed E-state index contributed by atoms with van der Waals surface area (Å²) in [7, 11) is 1.81. The van der Waals surface area contributed by atoms with Crippen LogP contribution < -0.4 is 0 Å². The summed E-state index contributed by atoms with van der Waals surface area (Å²) in [4.78, 5) is 29.4. The van der Waals surface area contributed by atoms with Crippen LogP contribution in [0.4, 0.5) is 0 Å². The monoisotopic (exact) mass is 290 g/mol. The van der Waals surface area contributed by atoms with Crippen molar-refractivity contribution in [2.24, 2.45) is 5.92 Å². The number of aromatic nitrogens is 1. The molecule has 5 heteroatoms. The van der Waals surface area contributed by atoms with Gasteiger partial charge >= 0.3 is 5.97 Å². The molecule has 2 atom stereocenters. The van der Waals surface area contributed by atoms with E-state index in [4.69, 9.17) is 5.11 Å². The Morgan fingerprint density at radius 1 is 1.33 bits per heavy atom. The van der Waals surface area contributed by atoms with Crippen molar-refractivity contribution in [2.45, 2.75) is 45.6 Å². The van der Waals surface area contributed by atoms with Crippen molar-refractivity contribution in [1.29, 1.82) is 0 Å². The molecule has 1 aliphatic rings. The van der Waals surface area contributed by atoms with Crippen molar-refractivity contribution >= 4 is 11.9 Å². The normalized spacial score (nSPS) is 21.9. The molecule has 1 saturated carbocycles. The quantitative estimate of drug-likeness (QED) is 0.929. The van der Waals surface area contributed by atoms with E-state index in [9.17, 15) is 9.59 Å². The van der Waals surface area contributed by atoms with E-state index >= 15 is 0 Å². The summed E-state index contributed by atoms with van der Waals surface area (Å²) in [5, 5.41) is 9.00. The first-order valence-electron chi connectivity index (χ1n) is 7.38. The van der Waals surface area contributed by atoms with Crippen LogP contribution >= 0.6 is 0 Å². The SMILES string of the molecule is Cc1nc(C(=O)N(C)C2CCCC(C)C2)ccc1C(=O)O. The van der Waals surface area contributed by atoms with E-state index in [0.717, 1.165) is 19.3 Å². The third-order valence-corrected chi connectivity index (χ3v) is 4.31. The topological polar surface area (TPSA) is 70.5 Å². The summed E-state index contributed by atoms with van der Waals surface area (Å²) >= 11 is 0. The Balaban J connectivity index is 2.15. The zero-order chi connectivity index (χ0) is 15.6. The van der Waals surface area contributed by atoms with E-state index in [1.165, 1.54) is 18.6 Å². The average molecular weight is 290 g/mol. The molecule has 0 radical (unpaired) electrons. The van der Waals surface area contributed by atoms with Gasteiger partial charge in [-0.05, 0) is 37.8 Å². The number of carboxylic acid groups (broad SMARTS) is 1. The van der Waals surface area contributed by atoms with Gasteiger partial charge in [0.1, 0.15) is 5.69 Å². The van der Waals surface area contributed by atoms with E-state index in [0.29, 0.717) is 17.3 Å². The highest BCUT2D eigenvalue weighted by Gasteiger charge is 2.27. The Labute approximate surface area is 125 Å². The molecule has 0 aliphatic heterocycles. The molecule has 1 aliphatic carbocycles. The fraction of sp³-hybridized carbons (Fsp3) is 0.562. The number of hydrogen-bond acceptors (Lipinski definition) is 3. The lowest BCUT2D eigenvalue weighted by molar-refractivity contribution is 0.0659. The maximum atomic E-state index is 12.5. The minimum absolute atomic E-state index is 0.130. The summed E-state index contributed by atoms with van der Waals surface area (Å²) in [6, 6.07) is 3.21. The Kier molecular flexibility index (Phi) is 4.60. The number of rotatable bonds is 3.